The Morgan fingerprint density at radius 3 is 2.77 bits per heavy atom. The molecule has 132 valence electrons. The first-order chi connectivity index (χ1) is 12.5. The van der Waals surface area contributed by atoms with E-state index in [0.29, 0.717) is 10.8 Å². The predicted molar refractivity (Wildman–Crippen MR) is 100 cm³/mol. The molecule has 1 aromatic carbocycles. The standard InChI is InChI=1S/C18H16N4O3S/c1-11-4-2-3-5-14(11)21-16(24)8-13-10-26-18(20-13)22-17(25)12-6-7-15(23)19-9-12/h2-7,9-10,12H,8H2,1H3,(H,21,24)(H,20,22,25). The summed E-state index contributed by atoms with van der Waals surface area (Å²) >= 11 is 1.24. The largest absolute Gasteiger partial charge is 0.326 e. The molecular weight excluding hydrogens is 352 g/mol. The number of rotatable bonds is 5. The van der Waals surface area contributed by atoms with Gasteiger partial charge in [-0.3, -0.25) is 14.4 Å². The van der Waals surface area contributed by atoms with Crippen molar-refractivity contribution >= 4 is 46.1 Å². The molecule has 2 aromatic rings. The Morgan fingerprint density at radius 2 is 2.04 bits per heavy atom. The number of aryl methyl sites for hydroxylation is 1. The van der Waals surface area contributed by atoms with Crippen LogP contribution in [0, 0.1) is 12.8 Å². The van der Waals surface area contributed by atoms with Crippen LogP contribution in [0.1, 0.15) is 11.3 Å². The molecule has 0 bridgehead atoms. The molecule has 1 aromatic heterocycles. The summed E-state index contributed by atoms with van der Waals surface area (Å²) in [6, 6.07) is 7.52. The Bertz CT molecular complexity index is 901. The van der Waals surface area contributed by atoms with Gasteiger partial charge in [-0.25, -0.2) is 9.98 Å². The summed E-state index contributed by atoms with van der Waals surface area (Å²) < 4.78 is 0. The zero-order chi connectivity index (χ0) is 18.5. The second-order valence-electron chi connectivity index (χ2n) is 5.67. The van der Waals surface area contributed by atoms with Gasteiger partial charge in [0, 0.05) is 23.4 Å². The number of hydrogen-bond donors (Lipinski definition) is 2. The van der Waals surface area contributed by atoms with Crippen LogP contribution in [0.4, 0.5) is 10.8 Å². The average Bonchev–Trinajstić information content (AvgIpc) is 3.04. The van der Waals surface area contributed by atoms with Crippen LogP contribution in [0.15, 0.2) is 46.8 Å². The Morgan fingerprint density at radius 1 is 1.23 bits per heavy atom. The fourth-order valence-electron chi connectivity index (χ4n) is 2.29. The number of carbonyl (C=O) groups is 3. The molecule has 0 saturated carbocycles. The van der Waals surface area contributed by atoms with Gasteiger partial charge in [-0.2, -0.15) is 0 Å². The molecule has 26 heavy (non-hydrogen) atoms. The Kier molecular flexibility index (Phi) is 5.33. The number of para-hydroxylation sites is 1. The Labute approximate surface area is 153 Å². The van der Waals surface area contributed by atoms with Crippen LogP contribution in [-0.2, 0) is 20.8 Å². The minimum absolute atomic E-state index is 0.111. The molecule has 8 heteroatoms. The summed E-state index contributed by atoms with van der Waals surface area (Å²) in [6.45, 7) is 1.92. The van der Waals surface area contributed by atoms with Gasteiger partial charge in [0.15, 0.2) is 5.13 Å². The van der Waals surface area contributed by atoms with Crippen LogP contribution < -0.4 is 10.6 Å². The van der Waals surface area contributed by atoms with E-state index in [0.717, 1.165) is 11.3 Å². The van der Waals surface area contributed by atoms with E-state index in [9.17, 15) is 14.4 Å². The Balaban J connectivity index is 1.56. The Hall–Kier alpha value is -3.13. The first-order valence-electron chi connectivity index (χ1n) is 7.88. The van der Waals surface area contributed by atoms with Crippen molar-refractivity contribution in [3.8, 4) is 0 Å². The number of aliphatic imine (C=N–C) groups is 1. The molecule has 3 amide bonds. The maximum Gasteiger partial charge on any atom is 0.269 e. The third kappa shape index (κ3) is 4.48. The van der Waals surface area contributed by atoms with Crippen LogP contribution in [0.25, 0.3) is 0 Å². The number of nitrogens with one attached hydrogen (secondary N) is 2. The molecule has 3 rings (SSSR count). The number of dihydropyridines is 1. The lowest BCUT2D eigenvalue weighted by atomic mass is 10.1. The van der Waals surface area contributed by atoms with Crippen LogP contribution in [0.3, 0.4) is 0 Å². The normalized spacial score (nSPS) is 15.7. The average molecular weight is 368 g/mol. The van der Waals surface area contributed by atoms with Gasteiger partial charge in [-0.15, -0.1) is 11.3 Å². The summed E-state index contributed by atoms with van der Waals surface area (Å²) in [4.78, 5) is 43.1. The van der Waals surface area contributed by atoms with E-state index in [2.05, 4.69) is 20.6 Å². The maximum atomic E-state index is 12.2. The molecule has 0 aliphatic carbocycles. The van der Waals surface area contributed by atoms with Crippen LogP contribution >= 0.6 is 11.3 Å². The van der Waals surface area contributed by atoms with Gasteiger partial charge >= 0.3 is 0 Å². The third-order valence-electron chi connectivity index (χ3n) is 3.65. The minimum atomic E-state index is -0.607. The second kappa shape index (κ2) is 7.83. The van der Waals surface area contributed by atoms with Gasteiger partial charge in [0.25, 0.3) is 5.91 Å². The highest BCUT2D eigenvalue weighted by Gasteiger charge is 2.18. The van der Waals surface area contributed by atoms with Gasteiger partial charge in [0.2, 0.25) is 11.8 Å². The summed E-state index contributed by atoms with van der Waals surface area (Å²) in [6.07, 6.45) is 4.14. The number of anilines is 2. The van der Waals surface area contributed by atoms with E-state index in [4.69, 9.17) is 0 Å². The zero-order valence-electron chi connectivity index (χ0n) is 13.9. The highest BCUT2D eigenvalue weighted by molar-refractivity contribution is 7.14. The molecule has 0 spiro atoms. The molecule has 2 N–H and O–H groups in total. The number of benzene rings is 1. The van der Waals surface area contributed by atoms with E-state index in [1.54, 1.807) is 5.38 Å². The topological polar surface area (TPSA) is 101 Å². The minimum Gasteiger partial charge on any atom is -0.326 e. The van der Waals surface area contributed by atoms with Gasteiger partial charge in [-0.1, -0.05) is 24.3 Å². The zero-order valence-corrected chi connectivity index (χ0v) is 14.7. The van der Waals surface area contributed by atoms with Gasteiger partial charge in [0.05, 0.1) is 18.0 Å². The smallest absolute Gasteiger partial charge is 0.269 e. The summed E-state index contributed by atoms with van der Waals surface area (Å²) in [5.41, 5.74) is 2.31. The lowest BCUT2D eigenvalue weighted by Crippen LogP contribution is -2.24. The van der Waals surface area contributed by atoms with Gasteiger partial charge in [-0.05, 0) is 18.6 Å². The van der Waals surface area contributed by atoms with E-state index in [-0.39, 0.29) is 24.1 Å². The van der Waals surface area contributed by atoms with Crippen molar-refractivity contribution in [2.75, 3.05) is 10.6 Å². The van der Waals surface area contributed by atoms with Gasteiger partial charge in [0.1, 0.15) is 0 Å². The monoisotopic (exact) mass is 368 g/mol. The molecule has 0 fully saturated rings. The fourth-order valence-corrected chi connectivity index (χ4v) is 3.01. The first-order valence-corrected chi connectivity index (χ1v) is 8.76. The van der Waals surface area contributed by atoms with Crippen LogP contribution in [0.2, 0.25) is 0 Å². The van der Waals surface area contributed by atoms with Gasteiger partial charge < -0.3 is 10.6 Å². The van der Waals surface area contributed by atoms with Crippen molar-refractivity contribution in [1.29, 1.82) is 0 Å². The van der Waals surface area contributed by atoms with E-state index in [1.807, 2.05) is 31.2 Å². The van der Waals surface area contributed by atoms with E-state index in [1.165, 1.54) is 29.7 Å². The molecule has 0 radical (unpaired) electrons. The quantitative estimate of drug-likeness (QED) is 0.846. The molecular formula is C18H16N4O3S. The number of carbonyl (C=O) groups excluding carboxylic acids is 3. The first kappa shape index (κ1) is 17.7. The second-order valence-corrected chi connectivity index (χ2v) is 6.53. The van der Waals surface area contributed by atoms with Crippen molar-refractivity contribution in [3.05, 3.63) is 53.1 Å². The number of nitrogens with zero attached hydrogens (tertiary/aromatic N) is 2. The number of thiazole rings is 1. The third-order valence-corrected chi connectivity index (χ3v) is 4.46. The van der Waals surface area contributed by atoms with Crippen molar-refractivity contribution in [3.63, 3.8) is 0 Å². The summed E-state index contributed by atoms with van der Waals surface area (Å²) in [5, 5.41) is 7.63. The highest BCUT2D eigenvalue weighted by Crippen LogP contribution is 2.18. The maximum absolute atomic E-state index is 12.2. The summed E-state index contributed by atoms with van der Waals surface area (Å²) in [5.74, 6) is -1.50. The van der Waals surface area contributed by atoms with E-state index >= 15 is 0 Å². The number of amides is 3. The number of aromatic nitrogens is 1. The molecule has 1 atom stereocenters. The predicted octanol–water partition coefficient (Wildman–Crippen LogP) is 2.35. The fraction of sp³-hybridized carbons (Fsp3) is 0.167. The molecule has 1 unspecified atom stereocenters. The van der Waals surface area contributed by atoms with Crippen molar-refractivity contribution in [2.45, 2.75) is 13.3 Å². The van der Waals surface area contributed by atoms with Crippen LogP contribution in [0.5, 0.6) is 0 Å². The molecule has 0 saturated heterocycles. The van der Waals surface area contributed by atoms with E-state index < -0.39 is 5.92 Å². The molecule has 1 aliphatic heterocycles. The van der Waals surface area contributed by atoms with Crippen molar-refractivity contribution in [2.24, 2.45) is 10.9 Å². The molecule has 7 nitrogen and oxygen atoms in total. The lowest BCUT2D eigenvalue weighted by molar-refractivity contribution is -0.117. The summed E-state index contributed by atoms with van der Waals surface area (Å²) in [7, 11) is 0. The van der Waals surface area contributed by atoms with Crippen molar-refractivity contribution in [1.82, 2.24) is 4.98 Å². The molecule has 2 heterocycles. The van der Waals surface area contributed by atoms with Crippen LogP contribution in [-0.4, -0.2) is 28.9 Å². The van der Waals surface area contributed by atoms with Crippen molar-refractivity contribution < 1.29 is 14.4 Å². The SMILES string of the molecule is Cc1ccccc1NC(=O)Cc1csc(NC(=O)C2C=CC(=O)N=C2)n1. The number of hydrogen-bond acceptors (Lipinski definition) is 5. The lowest BCUT2D eigenvalue weighted by Gasteiger charge is -2.08. The molecule has 1 aliphatic rings. The highest BCUT2D eigenvalue weighted by atomic mass is 32.1.